The molecule has 2 rings (SSSR count). The molecule has 1 aliphatic carbocycles. The molecule has 94 valence electrons. The number of aliphatic hydroxyl groups is 1. The molecular formula is C14H17N3O. The first kappa shape index (κ1) is 12.6. The number of nitrogens with one attached hydrogen (secondary N) is 1. The number of aromatic nitrogens is 2. The van der Waals surface area contributed by atoms with Gasteiger partial charge < -0.3 is 10.1 Å². The molecule has 0 spiro atoms. The van der Waals surface area contributed by atoms with Crippen LogP contribution >= 0.6 is 0 Å². The highest BCUT2D eigenvalue weighted by atomic mass is 16.3. The fourth-order valence-electron chi connectivity index (χ4n) is 2.31. The van der Waals surface area contributed by atoms with Crippen molar-refractivity contribution in [3.8, 4) is 6.07 Å². The van der Waals surface area contributed by atoms with Crippen molar-refractivity contribution >= 4 is 0 Å². The first-order valence-electron chi connectivity index (χ1n) is 6.10. The summed E-state index contributed by atoms with van der Waals surface area (Å²) in [5, 5.41) is 18.0. The molecule has 0 saturated carbocycles. The van der Waals surface area contributed by atoms with E-state index in [2.05, 4.69) is 28.2 Å². The van der Waals surface area contributed by atoms with Crippen molar-refractivity contribution in [3.63, 3.8) is 0 Å². The number of nitrogens with zero attached hydrogens (tertiary/aromatic N) is 2. The third-order valence-electron chi connectivity index (χ3n) is 3.43. The van der Waals surface area contributed by atoms with Crippen LogP contribution in [0.15, 0.2) is 24.3 Å². The summed E-state index contributed by atoms with van der Waals surface area (Å²) in [7, 11) is 0. The zero-order valence-corrected chi connectivity index (χ0v) is 10.5. The van der Waals surface area contributed by atoms with Crippen molar-refractivity contribution in [2.75, 3.05) is 0 Å². The number of aliphatic hydroxyl groups excluding tert-OH is 1. The van der Waals surface area contributed by atoms with Gasteiger partial charge in [-0.25, -0.2) is 4.98 Å². The number of imidazole rings is 1. The highest BCUT2D eigenvalue weighted by molar-refractivity contribution is 5.30. The zero-order valence-electron chi connectivity index (χ0n) is 10.5. The molecule has 0 saturated heterocycles. The van der Waals surface area contributed by atoms with Gasteiger partial charge in [0, 0.05) is 12.1 Å². The summed E-state index contributed by atoms with van der Waals surface area (Å²) in [6.45, 7) is 1.85. The molecule has 1 unspecified atom stereocenters. The van der Waals surface area contributed by atoms with E-state index in [0.29, 0.717) is 12.1 Å². The quantitative estimate of drug-likeness (QED) is 0.852. The Balaban J connectivity index is 2.37. The van der Waals surface area contributed by atoms with E-state index in [-0.39, 0.29) is 12.0 Å². The van der Waals surface area contributed by atoms with Crippen molar-refractivity contribution in [1.29, 1.82) is 5.26 Å². The van der Waals surface area contributed by atoms with E-state index in [1.807, 2.05) is 19.1 Å². The third kappa shape index (κ3) is 2.22. The average molecular weight is 243 g/mol. The lowest BCUT2D eigenvalue weighted by Gasteiger charge is -2.28. The highest BCUT2D eigenvalue weighted by Gasteiger charge is 2.32. The molecule has 1 heterocycles. The van der Waals surface area contributed by atoms with Gasteiger partial charge in [0.15, 0.2) is 0 Å². The van der Waals surface area contributed by atoms with E-state index >= 15 is 0 Å². The first-order chi connectivity index (χ1) is 8.72. The molecule has 4 nitrogen and oxygen atoms in total. The van der Waals surface area contributed by atoms with Gasteiger partial charge in [-0.05, 0) is 19.8 Å². The largest absolute Gasteiger partial charge is 0.390 e. The molecule has 18 heavy (non-hydrogen) atoms. The Kier molecular flexibility index (Phi) is 3.63. The molecule has 0 radical (unpaired) electrons. The van der Waals surface area contributed by atoms with Gasteiger partial charge in [0.25, 0.3) is 0 Å². The molecule has 2 N–H and O–H groups in total. The lowest BCUT2D eigenvalue weighted by Crippen LogP contribution is -2.25. The number of allylic oxidation sites excluding steroid dienone is 4. The van der Waals surface area contributed by atoms with E-state index in [9.17, 15) is 5.11 Å². The Labute approximate surface area is 107 Å². The smallest absolute Gasteiger partial charge is 0.117 e. The van der Waals surface area contributed by atoms with Crippen LogP contribution in [0.5, 0.6) is 0 Å². The van der Waals surface area contributed by atoms with Gasteiger partial charge in [0.1, 0.15) is 5.82 Å². The molecule has 1 aromatic heterocycles. The van der Waals surface area contributed by atoms with Crippen LogP contribution in [0.2, 0.25) is 0 Å². The Hall–Kier alpha value is -1.86. The molecule has 1 atom stereocenters. The summed E-state index contributed by atoms with van der Waals surface area (Å²) in [5.41, 5.74) is 1.35. The van der Waals surface area contributed by atoms with Crippen LogP contribution in [-0.2, 0) is 12.0 Å². The summed E-state index contributed by atoms with van der Waals surface area (Å²) >= 11 is 0. The van der Waals surface area contributed by atoms with Gasteiger partial charge in [0.05, 0.1) is 23.8 Å². The number of H-pyrrole nitrogens is 1. The number of hydrogen-bond acceptors (Lipinski definition) is 3. The SMILES string of the molecule is Cc1[nH]c(C2(CCC#N)C=CC=CC2)nc1CO. The van der Waals surface area contributed by atoms with Crippen LogP contribution in [-0.4, -0.2) is 15.1 Å². The summed E-state index contributed by atoms with van der Waals surface area (Å²) in [6.07, 6.45) is 10.3. The van der Waals surface area contributed by atoms with E-state index in [1.54, 1.807) is 0 Å². The summed E-state index contributed by atoms with van der Waals surface area (Å²) < 4.78 is 0. The van der Waals surface area contributed by atoms with Gasteiger partial charge in [-0.1, -0.05) is 24.3 Å². The van der Waals surface area contributed by atoms with E-state index in [0.717, 1.165) is 24.4 Å². The predicted molar refractivity (Wildman–Crippen MR) is 68.7 cm³/mol. The normalized spacial score (nSPS) is 22.1. The zero-order chi connectivity index (χ0) is 13.0. The van der Waals surface area contributed by atoms with Crippen LogP contribution in [0.3, 0.4) is 0 Å². The molecule has 0 aromatic carbocycles. The minimum atomic E-state index is -0.233. The number of rotatable bonds is 4. The van der Waals surface area contributed by atoms with Gasteiger partial charge in [-0.3, -0.25) is 0 Å². The van der Waals surface area contributed by atoms with E-state index in [1.165, 1.54) is 0 Å². The molecule has 0 aliphatic heterocycles. The van der Waals surface area contributed by atoms with Crippen LogP contribution in [0, 0.1) is 18.3 Å². The fourth-order valence-corrected chi connectivity index (χ4v) is 2.31. The standard InChI is InChI=1S/C14H17N3O/c1-11-12(10-18)17-13(16-11)14(8-5-9-15)6-3-2-4-7-14/h2-4,6,18H,5,7-8,10H2,1H3,(H,16,17). The van der Waals surface area contributed by atoms with Crippen molar-refractivity contribution in [2.45, 2.75) is 38.2 Å². The van der Waals surface area contributed by atoms with Crippen molar-refractivity contribution in [2.24, 2.45) is 0 Å². The van der Waals surface area contributed by atoms with Crippen LogP contribution < -0.4 is 0 Å². The Bertz CT molecular complexity index is 522. The van der Waals surface area contributed by atoms with E-state index < -0.39 is 0 Å². The van der Waals surface area contributed by atoms with Crippen LogP contribution in [0.1, 0.15) is 36.5 Å². The van der Waals surface area contributed by atoms with Crippen LogP contribution in [0.25, 0.3) is 0 Å². The molecule has 1 aliphatic rings. The predicted octanol–water partition coefficient (Wildman–Crippen LogP) is 2.27. The van der Waals surface area contributed by atoms with Crippen molar-refractivity contribution in [1.82, 2.24) is 9.97 Å². The molecule has 0 fully saturated rings. The first-order valence-corrected chi connectivity index (χ1v) is 6.10. The summed E-state index contributed by atoms with van der Waals surface area (Å²) in [6, 6.07) is 2.20. The summed E-state index contributed by atoms with van der Waals surface area (Å²) in [5.74, 6) is 0.847. The topological polar surface area (TPSA) is 72.7 Å². The Morgan fingerprint density at radius 3 is 2.94 bits per heavy atom. The number of nitriles is 1. The second kappa shape index (κ2) is 5.19. The van der Waals surface area contributed by atoms with Gasteiger partial charge in [0.2, 0.25) is 0 Å². The number of aromatic amines is 1. The maximum Gasteiger partial charge on any atom is 0.117 e. The maximum atomic E-state index is 9.22. The lowest BCUT2D eigenvalue weighted by atomic mass is 9.77. The van der Waals surface area contributed by atoms with Gasteiger partial charge in [-0.15, -0.1) is 0 Å². The molecule has 0 amide bonds. The average Bonchev–Trinajstić information content (AvgIpc) is 2.79. The second-order valence-electron chi connectivity index (χ2n) is 4.62. The maximum absolute atomic E-state index is 9.22. The van der Waals surface area contributed by atoms with Crippen molar-refractivity contribution in [3.05, 3.63) is 41.5 Å². The minimum Gasteiger partial charge on any atom is -0.390 e. The van der Waals surface area contributed by atoms with Crippen molar-refractivity contribution < 1.29 is 5.11 Å². The minimum absolute atomic E-state index is 0.0593. The molecule has 0 bridgehead atoms. The molecular weight excluding hydrogens is 226 g/mol. The van der Waals surface area contributed by atoms with Crippen LogP contribution in [0.4, 0.5) is 0 Å². The second-order valence-corrected chi connectivity index (χ2v) is 4.62. The number of hydrogen-bond donors (Lipinski definition) is 2. The van der Waals surface area contributed by atoms with E-state index in [4.69, 9.17) is 5.26 Å². The highest BCUT2D eigenvalue weighted by Crippen LogP contribution is 2.35. The molecule has 4 heteroatoms. The number of aryl methyl sites for hydroxylation is 1. The molecule has 1 aromatic rings. The fraction of sp³-hybridized carbons (Fsp3) is 0.429. The van der Waals surface area contributed by atoms with Gasteiger partial charge >= 0.3 is 0 Å². The Morgan fingerprint density at radius 1 is 1.56 bits per heavy atom. The third-order valence-corrected chi connectivity index (χ3v) is 3.43. The lowest BCUT2D eigenvalue weighted by molar-refractivity contribution is 0.276. The Morgan fingerprint density at radius 2 is 2.39 bits per heavy atom. The summed E-state index contributed by atoms with van der Waals surface area (Å²) in [4.78, 5) is 7.73. The van der Waals surface area contributed by atoms with Gasteiger partial charge in [-0.2, -0.15) is 5.26 Å². The monoisotopic (exact) mass is 243 g/mol.